The van der Waals surface area contributed by atoms with Gasteiger partial charge in [0.1, 0.15) is 0 Å². The Morgan fingerprint density at radius 1 is 1.25 bits per heavy atom. The summed E-state index contributed by atoms with van der Waals surface area (Å²) in [5.74, 6) is -0.197. The van der Waals surface area contributed by atoms with Gasteiger partial charge >= 0.3 is 0 Å². The van der Waals surface area contributed by atoms with E-state index in [1.54, 1.807) is 18.0 Å². The summed E-state index contributed by atoms with van der Waals surface area (Å²) < 4.78 is 0. The Morgan fingerprint density at radius 3 is 2.75 bits per heavy atom. The molecule has 2 aliphatic heterocycles. The van der Waals surface area contributed by atoms with E-state index < -0.39 is 6.17 Å². The number of benzodiazepines with no additional fused rings is 1. The molecule has 0 saturated carbocycles. The lowest BCUT2D eigenvalue weighted by Crippen LogP contribution is -2.49. The first-order valence-electron chi connectivity index (χ1n) is 10.6. The van der Waals surface area contributed by atoms with Crippen LogP contribution in [0.3, 0.4) is 0 Å². The molecule has 0 aliphatic carbocycles. The van der Waals surface area contributed by atoms with Crippen LogP contribution in [0, 0.1) is 0 Å². The van der Waals surface area contributed by atoms with Crippen LogP contribution in [0.2, 0.25) is 5.02 Å². The number of amides is 1. The number of nitrogens with one attached hydrogen (secondary N) is 2. The fraction of sp³-hybridized carbons (Fsp3) is 0.292. The third-order valence-corrected chi connectivity index (χ3v) is 6.23. The predicted molar refractivity (Wildman–Crippen MR) is 134 cm³/mol. The van der Waals surface area contributed by atoms with Crippen molar-refractivity contribution in [2.45, 2.75) is 19.0 Å². The molecule has 32 heavy (non-hydrogen) atoms. The molecule has 8 heteroatoms. The number of nitrogens with zero attached hydrogens (tertiary/aromatic N) is 3. The average Bonchev–Trinajstić information content (AvgIpc) is 3.17. The molecule has 2 aromatic carbocycles. The molecular weight excluding hydrogens is 442 g/mol. The number of likely N-dealkylation sites (N-methyl/N-ethyl adjacent to an activating group) is 1. The van der Waals surface area contributed by atoms with Crippen molar-refractivity contribution in [2.24, 2.45) is 4.99 Å². The molecule has 166 valence electrons. The maximum atomic E-state index is 13.2. The molecule has 0 aromatic heterocycles. The third-order valence-electron chi connectivity index (χ3n) is 5.73. The maximum Gasteiger partial charge on any atom is 0.272 e. The standard InChI is InChI=1S/C24H26ClN5OS/c1-29-14-6-9-18(29)12-13-26-24(32)28-22-23(31)30(2)20-11-10-17(25)15-19(20)21(27-22)16-7-4-3-5-8-16/h3-5,7-8,10-12,15,22H,6,9,13-14H2,1-2H3,(H2,26,28,32)/b18-12-. The molecule has 2 aliphatic rings. The van der Waals surface area contributed by atoms with Gasteiger partial charge in [-0.05, 0) is 49.3 Å². The number of carbonyl (C=O) groups is 1. The largest absolute Gasteiger partial charge is 0.378 e. The summed E-state index contributed by atoms with van der Waals surface area (Å²) in [6.45, 7) is 1.67. The van der Waals surface area contributed by atoms with Crippen LogP contribution in [-0.2, 0) is 4.79 Å². The molecule has 1 amide bonds. The number of carbonyl (C=O) groups excluding carboxylic acids is 1. The maximum absolute atomic E-state index is 13.2. The predicted octanol–water partition coefficient (Wildman–Crippen LogP) is 3.55. The Morgan fingerprint density at radius 2 is 2.03 bits per heavy atom. The lowest BCUT2D eigenvalue weighted by molar-refractivity contribution is -0.119. The molecule has 2 N–H and O–H groups in total. The minimum atomic E-state index is -0.858. The number of benzene rings is 2. The number of allylic oxidation sites excluding steroid dienone is 1. The van der Waals surface area contributed by atoms with Gasteiger partial charge in [-0.3, -0.25) is 4.79 Å². The summed E-state index contributed by atoms with van der Waals surface area (Å²) in [7, 11) is 3.84. The second kappa shape index (κ2) is 9.71. The van der Waals surface area contributed by atoms with E-state index in [1.807, 2.05) is 42.5 Å². The fourth-order valence-electron chi connectivity index (χ4n) is 3.99. The molecule has 1 fully saturated rings. The van der Waals surface area contributed by atoms with E-state index in [1.165, 1.54) is 12.1 Å². The van der Waals surface area contributed by atoms with Crippen LogP contribution in [0.15, 0.2) is 65.3 Å². The molecular formula is C24H26ClN5OS. The van der Waals surface area contributed by atoms with E-state index in [0.717, 1.165) is 29.8 Å². The minimum absolute atomic E-state index is 0.197. The second-order valence-electron chi connectivity index (χ2n) is 7.88. The van der Waals surface area contributed by atoms with Crippen LogP contribution < -0.4 is 15.5 Å². The Balaban J connectivity index is 1.59. The SMILES string of the molecule is CN1CCC/C1=C/CNC(=S)NC1N=C(c2ccccc2)c2cc(Cl)ccc2N(C)C1=O. The van der Waals surface area contributed by atoms with E-state index in [4.69, 9.17) is 28.8 Å². The van der Waals surface area contributed by atoms with Gasteiger partial charge in [-0.15, -0.1) is 0 Å². The van der Waals surface area contributed by atoms with E-state index in [0.29, 0.717) is 22.4 Å². The molecule has 4 rings (SSSR count). The van der Waals surface area contributed by atoms with Crippen LogP contribution in [-0.4, -0.2) is 55.0 Å². The number of thiocarbonyl (C=S) groups is 1. The summed E-state index contributed by atoms with van der Waals surface area (Å²) in [5.41, 5.74) is 4.45. The normalized spacial score (nSPS) is 19.5. The highest BCUT2D eigenvalue weighted by Gasteiger charge is 2.30. The van der Waals surface area contributed by atoms with Gasteiger partial charge in [0.15, 0.2) is 5.11 Å². The first kappa shape index (κ1) is 22.3. The number of hydrogen-bond donors (Lipinski definition) is 2. The number of likely N-dealkylation sites (tertiary alicyclic amines) is 1. The van der Waals surface area contributed by atoms with E-state index in [2.05, 4.69) is 28.7 Å². The van der Waals surface area contributed by atoms with Gasteiger partial charge in [-0.25, -0.2) is 4.99 Å². The van der Waals surface area contributed by atoms with E-state index in [-0.39, 0.29) is 5.91 Å². The molecule has 1 saturated heterocycles. The zero-order valence-corrected chi connectivity index (χ0v) is 19.7. The molecule has 0 spiro atoms. The van der Waals surface area contributed by atoms with Crippen molar-refractivity contribution < 1.29 is 4.79 Å². The number of aliphatic imine (C=N–C) groups is 1. The molecule has 1 atom stereocenters. The highest BCUT2D eigenvalue weighted by molar-refractivity contribution is 7.80. The Bertz CT molecular complexity index is 1090. The van der Waals surface area contributed by atoms with Crippen molar-refractivity contribution in [3.63, 3.8) is 0 Å². The summed E-state index contributed by atoms with van der Waals surface area (Å²) >= 11 is 11.8. The van der Waals surface area contributed by atoms with Gasteiger partial charge in [0, 0.05) is 49.0 Å². The summed E-state index contributed by atoms with van der Waals surface area (Å²) in [5, 5.41) is 7.23. The average molecular weight is 468 g/mol. The zero-order chi connectivity index (χ0) is 22.7. The zero-order valence-electron chi connectivity index (χ0n) is 18.1. The molecule has 2 heterocycles. The fourth-order valence-corrected chi connectivity index (χ4v) is 4.36. The lowest BCUT2D eigenvalue weighted by atomic mass is 10.0. The van der Waals surface area contributed by atoms with Crippen LogP contribution in [0.4, 0.5) is 5.69 Å². The molecule has 2 aromatic rings. The van der Waals surface area contributed by atoms with Crippen LogP contribution >= 0.6 is 23.8 Å². The smallest absolute Gasteiger partial charge is 0.272 e. The van der Waals surface area contributed by atoms with Crippen molar-refractivity contribution in [3.8, 4) is 0 Å². The topological polar surface area (TPSA) is 60.0 Å². The Labute approximate surface area is 199 Å². The van der Waals surface area contributed by atoms with Crippen LogP contribution in [0.25, 0.3) is 0 Å². The van der Waals surface area contributed by atoms with E-state index >= 15 is 0 Å². The van der Waals surface area contributed by atoms with Gasteiger partial charge in [0.2, 0.25) is 6.17 Å². The highest BCUT2D eigenvalue weighted by Crippen LogP contribution is 2.29. The molecule has 0 radical (unpaired) electrons. The lowest BCUT2D eigenvalue weighted by Gasteiger charge is -2.22. The number of fused-ring (bicyclic) bond motifs is 1. The van der Waals surface area contributed by atoms with Gasteiger partial charge in [0.05, 0.1) is 11.4 Å². The van der Waals surface area contributed by atoms with Gasteiger partial charge < -0.3 is 20.4 Å². The minimum Gasteiger partial charge on any atom is -0.378 e. The quantitative estimate of drug-likeness (QED) is 0.673. The molecule has 6 nitrogen and oxygen atoms in total. The monoisotopic (exact) mass is 467 g/mol. The number of rotatable bonds is 4. The first-order chi connectivity index (χ1) is 15.4. The second-order valence-corrected chi connectivity index (χ2v) is 8.72. The van der Waals surface area contributed by atoms with Crippen molar-refractivity contribution >= 4 is 46.2 Å². The number of hydrogen-bond acceptors (Lipinski definition) is 4. The van der Waals surface area contributed by atoms with Crippen molar-refractivity contribution in [1.82, 2.24) is 15.5 Å². The van der Waals surface area contributed by atoms with Crippen LogP contribution in [0.1, 0.15) is 24.0 Å². The van der Waals surface area contributed by atoms with Gasteiger partial charge in [-0.1, -0.05) is 41.9 Å². The van der Waals surface area contributed by atoms with Crippen molar-refractivity contribution in [1.29, 1.82) is 0 Å². The molecule has 1 unspecified atom stereocenters. The third kappa shape index (κ3) is 4.79. The Hall–Kier alpha value is -2.90. The van der Waals surface area contributed by atoms with Gasteiger partial charge in [-0.2, -0.15) is 0 Å². The van der Waals surface area contributed by atoms with Crippen LogP contribution in [0.5, 0.6) is 0 Å². The number of halogens is 1. The summed E-state index contributed by atoms with van der Waals surface area (Å²) in [6.07, 6.45) is 3.53. The van der Waals surface area contributed by atoms with Crippen molar-refractivity contribution in [3.05, 3.63) is 76.5 Å². The van der Waals surface area contributed by atoms with Gasteiger partial charge in [0.25, 0.3) is 5.91 Å². The molecule has 0 bridgehead atoms. The first-order valence-corrected chi connectivity index (χ1v) is 11.4. The van der Waals surface area contributed by atoms with Crippen molar-refractivity contribution in [2.75, 3.05) is 32.1 Å². The summed E-state index contributed by atoms with van der Waals surface area (Å²) in [6, 6.07) is 15.2. The van der Waals surface area contributed by atoms with E-state index in [9.17, 15) is 4.79 Å². The summed E-state index contributed by atoms with van der Waals surface area (Å²) in [4.78, 5) is 21.9. The highest BCUT2D eigenvalue weighted by atomic mass is 35.5. The Kier molecular flexibility index (Phi) is 6.77. The number of anilines is 1.